The average Bonchev–Trinajstić information content (AvgIpc) is 2.92. The smallest absolute Gasteiger partial charge is 0.142 e. The molecule has 20 heavy (non-hydrogen) atoms. The highest BCUT2D eigenvalue weighted by Crippen LogP contribution is 2.29. The summed E-state index contributed by atoms with van der Waals surface area (Å²) in [4.78, 5) is 5.57. The maximum atomic E-state index is 6.05. The van der Waals surface area contributed by atoms with Crippen LogP contribution in [0.3, 0.4) is 0 Å². The first-order valence-corrected chi connectivity index (χ1v) is 8.02. The molecule has 2 aromatic rings. The summed E-state index contributed by atoms with van der Waals surface area (Å²) < 4.78 is 5.72. The number of halogens is 1. The van der Waals surface area contributed by atoms with Gasteiger partial charge in [0.05, 0.1) is 23.8 Å². The average molecular weight is 311 g/mol. The predicted molar refractivity (Wildman–Crippen MR) is 86.1 cm³/mol. The SMILES string of the molecule is CCCOc1ccc(Cl)cc1NCc1cnc(CC)s1. The van der Waals surface area contributed by atoms with E-state index in [9.17, 15) is 0 Å². The first-order chi connectivity index (χ1) is 9.72. The van der Waals surface area contributed by atoms with E-state index in [1.54, 1.807) is 11.3 Å². The quantitative estimate of drug-likeness (QED) is 0.800. The van der Waals surface area contributed by atoms with Crippen LogP contribution < -0.4 is 10.1 Å². The Kier molecular flexibility index (Phi) is 5.68. The van der Waals surface area contributed by atoms with E-state index in [0.717, 1.165) is 35.8 Å². The van der Waals surface area contributed by atoms with Gasteiger partial charge in [-0.3, -0.25) is 0 Å². The molecule has 0 saturated carbocycles. The second kappa shape index (κ2) is 7.50. The monoisotopic (exact) mass is 310 g/mol. The van der Waals surface area contributed by atoms with Gasteiger partial charge in [0, 0.05) is 16.1 Å². The van der Waals surface area contributed by atoms with Crippen LogP contribution in [0.4, 0.5) is 5.69 Å². The van der Waals surface area contributed by atoms with Gasteiger partial charge in [-0.05, 0) is 31.0 Å². The van der Waals surface area contributed by atoms with Crippen LogP contribution in [-0.2, 0) is 13.0 Å². The van der Waals surface area contributed by atoms with E-state index < -0.39 is 0 Å². The molecule has 1 N–H and O–H groups in total. The minimum absolute atomic E-state index is 0.704. The summed E-state index contributed by atoms with van der Waals surface area (Å²) >= 11 is 7.79. The van der Waals surface area contributed by atoms with E-state index >= 15 is 0 Å². The minimum Gasteiger partial charge on any atom is -0.491 e. The molecular weight excluding hydrogens is 292 g/mol. The number of aromatic nitrogens is 1. The molecule has 1 aromatic carbocycles. The number of aryl methyl sites for hydroxylation is 1. The number of nitrogens with one attached hydrogen (secondary N) is 1. The van der Waals surface area contributed by atoms with E-state index in [1.807, 2.05) is 24.4 Å². The molecule has 0 aliphatic rings. The molecule has 0 spiro atoms. The number of benzene rings is 1. The van der Waals surface area contributed by atoms with E-state index in [1.165, 1.54) is 4.88 Å². The van der Waals surface area contributed by atoms with Gasteiger partial charge in [0.15, 0.2) is 0 Å². The third-order valence-electron chi connectivity index (χ3n) is 2.76. The van der Waals surface area contributed by atoms with Crippen molar-refractivity contribution in [2.75, 3.05) is 11.9 Å². The fourth-order valence-electron chi connectivity index (χ4n) is 1.75. The molecule has 0 bridgehead atoms. The Labute approximate surface area is 129 Å². The third-order valence-corrected chi connectivity index (χ3v) is 4.14. The van der Waals surface area contributed by atoms with Gasteiger partial charge in [-0.25, -0.2) is 4.98 Å². The lowest BCUT2D eigenvalue weighted by atomic mass is 10.3. The zero-order valence-corrected chi connectivity index (χ0v) is 13.4. The summed E-state index contributed by atoms with van der Waals surface area (Å²) in [7, 11) is 0. The van der Waals surface area contributed by atoms with Crippen LogP contribution in [0.25, 0.3) is 0 Å². The van der Waals surface area contributed by atoms with Crippen LogP contribution in [0.2, 0.25) is 5.02 Å². The van der Waals surface area contributed by atoms with Crippen LogP contribution in [0.1, 0.15) is 30.2 Å². The lowest BCUT2D eigenvalue weighted by Gasteiger charge is -2.12. The first-order valence-electron chi connectivity index (χ1n) is 6.82. The molecule has 0 aliphatic heterocycles. The normalized spacial score (nSPS) is 10.6. The lowest BCUT2D eigenvalue weighted by Crippen LogP contribution is -2.02. The summed E-state index contributed by atoms with van der Waals surface area (Å²) in [5.41, 5.74) is 0.928. The van der Waals surface area contributed by atoms with Crippen molar-refractivity contribution in [1.29, 1.82) is 0 Å². The van der Waals surface area contributed by atoms with E-state index in [2.05, 4.69) is 24.1 Å². The fourth-order valence-corrected chi connectivity index (χ4v) is 2.73. The number of rotatable bonds is 7. The predicted octanol–water partition coefficient (Wildman–Crippen LogP) is 4.76. The molecule has 1 heterocycles. The number of thiazole rings is 1. The van der Waals surface area contributed by atoms with E-state index in [-0.39, 0.29) is 0 Å². The van der Waals surface area contributed by atoms with Crippen molar-refractivity contribution in [2.45, 2.75) is 33.2 Å². The molecule has 0 amide bonds. The largest absolute Gasteiger partial charge is 0.491 e. The van der Waals surface area contributed by atoms with Crippen molar-refractivity contribution < 1.29 is 4.74 Å². The highest BCUT2D eigenvalue weighted by molar-refractivity contribution is 7.11. The highest BCUT2D eigenvalue weighted by atomic mass is 35.5. The topological polar surface area (TPSA) is 34.1 Å². The fraction of sp³-hybridized carbons (Fsp3) is 0.400. The number of anilines is 1. The third kappa shape index (κ3) is 4.12. The standard InChI is InChI=1S/C15H19ClN2OS/c1-3-7-19-14-6-5-11(16)8-13(14)17-9-12-10-18-15(4-2)20-12/h5-6,8,10,17H,3-4,7,9H2,1-2H3. The Morgan fingerprint density at radius 2 is 2.20 bits per heavy atom. The van der Waals surface area contributed by atoms with Crippen molar-refractivity contribution in [3.8, 4) is 5.75 Å². The molecule has 0 saturated heterocycles. The Morgan fingerprint density at radius 1 is 1.35 bits per heavy atom. The second-order valence-electron chi connectivity index (χ2n) is 4.42. The Bertz CT molecular complexity index is 557. The summed E-state index contributed by atoms with van der Waals surface area (Å²) in [6.07, 6.45) is 3.89. The molecule has 2 rings (SSSR count). The van der Waals surface area contributed by atoms with Crippen molar-refractivity contribution in [3.05, 3.63) is 39.3 Å². The lowest BCUT2D eigenvalue weighted by molar-refractivity contribution is 0.319. The molecule has 1 aromatic heterocycles. The number of nitrogens with zero attached hydrogens (tertiary/aromatic N) is 1. The van der Waals surface area contributed by atoms with Gasteiger partial charge in [-0.15, -0.1) is 11.3 Å². The van der Waals surface area contributed by atoms with Crippen LogP contribution in [0.15, 0.2) is 24.4 Å². The molecule has 3 nitrogen and oxygen atoms in total. The Hall–Kier alpha value is -1.26. The molecule has 5 heteroatoms. The van der Waals surface area contributed by atoms with Crippen molar-refractivity contribution in [3.63, 3.8) is 0 Å². The van der Waals surface area contributed by atoms with E-state index in [4.69, 9.17) is 16.3 Å². The van der Waals surface area contributed by atoms with Gasteiger partial charge in [0.1, 0.15) is 5.75 Å². The van der Waals surface area contributed by atoms with Crippen LogP contribution in [0.5, 0.6) is 5.75 Å². The Morgan fingerprint density at radius 3 is 2.90 bits per heavy atom. The van der Waals surface area contributed by atoms with Crippen LogP contribution >= 0.6 is 22.9 Å². The van der Waals surface area contributed by atoms with Crippen molar-refractivity contribution in [1.82, 2.24) is 4.98 Å². The Balaban J connectivity index is 2.05. The zero-order chi connectivity index (χ0) is 14.4. The molecule has 0 aliphatic carbocycles. The van der Waals surface area contributed by atoms with E-state index in [0.29, 0.717) is 11.6 Å². The maximum absolute atomic E-state index is 6.05. The zero-order valence-electron chi connectivity index (χ0n) is 11.8. The van der Waals surface area contributed by atoms with Gasteiger partial charge in [0.25, 0.3) is 0 Å². The van der Waals surface area contributed by atoms with Gasteiger partial charge in [-0.2, -0.15) is 0 Å². The molecule has 0 unspecified atom stereocenters. The van der Waals surface area contributed by atoms with Gasteiger partial charge in [0.2, 0.25) is 0 Å². The molecule has 108 valence electrons. The molecule has 0 fully saturated rings. The summed E-state index contributed by atoms with van der Waals surface area (Å²) in [6.45, 7) is 5.65. The minimum atomic E-state index is 0.704. The first kappa shape index (κ1) is 15.1. The van der Waals surface area contributed by atoms with Gasteiger partial charge < -0.3 is 10.1 Å². The number of hydrogen-bond acceptors (Lipinski definition) is 4. The highest BCUT2D eigenvalue weighted by Gasteiger charge is 2.06. The second-order valence-corrected chi connectivity index (χ2v) is 6.05. The molecule has 0 radical (unpaired) electrons. The number of hydrogen-bond donors (Lipinski definition) is 1. The van der Waals surface area contributed by atoms with Crippen molar-refractivity contribution in [2.24, 2.45) is 0 Å². The van der Waals surface area contributed by atoms with Crippen LogP contribution in [0, 0.1) is 0 Å². The number of ether oxygens (including phenoxy) is 1. The van der Waals surface area contributed by atoms with Crippen LogP contribution in [-0.4, -0.2) is 11.6 Å². The summed E-state index contributed by atoms with van der Waals surface area (Å²) in [5, 5.41) is 5.24. The summed E-state index contributed by atoms with van der Waals surface area (Å²) in [6, 6.07) is 5.65. The summed E-state index contributed by atoms with van der Waals surface area (Å²) in [5.74, 6) is 0.844. The van der Waals surface area contributed by atoms with Gasteiger partial charge in [-0.1, -0.05) is 25.4 Å². The maximum Gasteiger partial charge on any atom is 0.142 e. The van der Waals surface area contributed by atoms with Gasteiger partial charge >= 0.3 is 0 Å². The van der Waals surface area contributed by atoms with Crippen molar-refractivity contribution >= 4 is 28.6 Å². The molecular formula is C15H19ClN2OS. The molecule has 0 atom stereocenters.